The lowest BCUT2D eigenvalue weighted by Crippen LogP contribution is -2.44. The number of hydrogen-bond donors (Lipinski definition) is 1. The molecule has 0 atom stereocenters. The zero-order chi connectivity index (χ0) is 18.1. The molecule has 0 unspecified atom stereocenters. The van der Waals surface area contributed by atoms with Crippen molar-refractivity contribution in [3.05, 3.63) is 34.9 Å². The van der Waals surface area contributed by atoms with Gasteiger partial charge in [0.2, 0.25) is 0 Å². The van der Waals surface area contributed by atoms with Gasteiger partial charge in [0.1, 0.15) is 0 Å². The molecule has 0 bridgehead atoms. The molecule has 1 aromatic carbocycles. The fourth-order valence-corrected chi connectivity index (χ4v) is 3.18. The molecule has 5 nitrogen and oxygen atoms in total. The van der Waals surface area contributed by atoms with Crippen LogP contribution in [0.1, 0.15) is 18.4 Å². The normalized spacial score (nSPS) is 16.9. The Morgan fingerprint density at radius 3 is 2.48 bits per heavy atom. The van der Waals surface area contributed by atoms with E-state index < -0.39 is 0 Å². The molecule has 2 rings (SSSR count). The van der Waals surface area contributed by atoms with Gasteiger partial charge in [-0.1, -0.05) is 23.7 Å². The van der Waals surface area contributed by atoms with Crippen LogP contribution in [0.2, 0.25) is 5.02 Å². The molecule has 1 N–H and O–H groups in total. The van der Waals surface area contributed by atoms with Gasteiger partial charge >= 0.3 is 0 Å². The number of hydrogen-bond acceptors (Lipinski definition) is 3. The highest BCUT2D eigenvalue weighted by atomic mass is 35.5. The minimum absolute atomic E-state index is 0.772. The summed E-state index contributed by atoms with van der Waals surface area (Å²) in [5.41, 5.74) is 1.23. The Bertz CT molecular complexity index is 523. The van der Waals surface area contributed by atoms with E-state index in [9.17, 15) is 0 Å². The number of halogens is 1. The monoisotopic (exact) mass is 365 g/mol. The van der Waals surface area contributed by atoms with Crippen LogP contribution in [0.4, 0.5) is 0 Å². The first-order chi connectivity index (χ1) is 12.1. The van der Waals surface area contributed by atoms with Gasteiger partial charge in [0.15, 0.2) is 5.96 Å². The fraction of sp³-hybridized carbons (Fsp3) is 0.632. The van der Waals surface area contributed by atoms with Gasteiger partial charge in [0.05, 0.1) is 0 Å². The number of aliphatic imine (C=N–C) groups is 1. The molecule has 0 aromatic heterocycles. The number of nitrogens with one attached hydrogen (secondary N) is 1. The molecular weight excluding hydrogens is 334 g/mol. The molecule has 1 aliphatic rings. The van der Waals surface area contributed by atoms with E-state index in [-0.39, 0.29) is 0 Å². The number of unbranched alkanes of at least 4 members (excludes halogenated alkanes) is 1. The average Bonchev–Trinajstić information content (AvgIpc) is 2.61. The third-order valence-electron chi connectivity index (χ3n) is 4.69. The van der Waals surface area contributed by atoms with Crippen LogP contribution in [0.15, 0.2) is 29.3 Å². The Morgan fingerprint density at radius 1 is 1.16 bits per heavy atom. The van der Waals surface area contributed by atoms with Crippen LogP contribution in [0.5, 0.6) is 0 Å². The molecule has 1 saturated heterocycles. The van der Waals surface area contributed by atoms with Crippen molar-refractivity contribution in [1.82, 2.24) is 20.0 Å². The zero-order valence-corrected chi connectivity index (χ0v) is 16.6. The van der Waals surface area contributed by atoms with Gasteiger partial charge < -0.3 is 20.0 Å². The quantitative estimate of drug-likeness (QED) is 0.457. The van der Waals surface area contributed by atoms with E-state index in [0.717, 1.165) is 24.1 Å². The predicted molar refractivity (Wildman–Crippen MR) is 107 cm³/mol. The maximum atomic E-state index is 5.94. The number of nitrogens with zero attached hydrogens (tertiary/aromatic N) is 4. The predicted octanol–water partition coefficient (Wildman–Crippen LogP) is 2.37. The fourth-order valence-electron chi connectivity index (χ4n) is 3.06. The van der Waals surface area contributed by atoms with E-state index in [0.29, 0.717) is 0 Å². The van der Waals surface area contributed by atoms with Crippen LogP contribution in [0.25, 0.3) is 0 Å². The summed E-state index contributed by atoms with van der Waals surface area (Å²) in [6.45, 7) is 7.78. The minimum Gasteiger partial charge on any atom is -0.356 e. The highest BCUT2D eigenvalue weighted by Crippen LogP contribution is 2.11. The molecule has 140 valence electrons. The van der Waals surface area contributed by atoms with Crippen molar-refractivity contribution in [3.8, 4) is 0 Å². The Morgan fingerprint density at radius 2 is 1.84 bits per heavy atom. The zero-order valence-electron chi connectivity index (χ0n) is 15.8. The Labute approximate surface area is 157 Å². The Balaban J connectivity index is 1.63. The van der Waals surface area contributed by atoms with Gasteiger partial charge in [0.25, 0.3) is 0 Å². The van der Waals surface area contributed by atoms with Crippen LogP contribution in [0.3, 0.4) is 0 Å². The maximum Gasteiger partial charge on any atom is 0.193 e. The van der Waals surface area contributed by atoms with Crippen molar-refractivity contribution in [2.45, 2.75) is 19.4 Å². The van der Waals surface area contributed by atoms with E-state index in [2.05, 4.69) is 51.2 Å². The van der Waals surface area contributed by atoms with Crippen LogP contribution in [0, 0.1) is 0 Å². The van der Waals surface area contributed by atoms with E-state index in [1.807, 2.05) is 19.2 Å². The van der Waals surface area contributed by atoms with E-state index >= 15 is 0 Å². The van der Waals surface area contributed by atoms with Crippen molar-refractivity contribution in [2.24, 2.45) is 4.99 Å². The highest BCUT2D eigenvalue weighted by Gasteiger charge is 2.12. The second kappa shape index (κ2) is 10.6. The molecule has 1 aromatic rings. The Kier molecular flexibility index (Phi) is 8.52. The average molecular weight is 366 g/mol. The second-order valence-corrected chi connectivity index (χ2v) is 7.24. The number of likely N-dealkylation sites (N-methyl/N-ethyl adjacent to an activating group) is 1. The van der Waals surface area contributed by atoms with Gasteiger partial charge in [-0.2, -0.15) is 0 Å². The first-order valence-corrected chi connectivity index (χ1v) is 9.53. The summed E-state index contributed by atoms with van der Waals surface area (Å²) in [4.78, 5) is 11.5. The van der Waals surface area contributed by atoms with Crippen molar-refractivity contribution in [1.29, 1.82) is 0 Å². The molecule has 0 aliphatic carbocycles. The molecule has 1 fully saturated rings. The van der Waals surface area contributed by atoms with Crippen molar-refractivity contribution in [2.75, 3.05) is 60.4 Å². The van der Waals surface area contributed by atoms with Crippen molar-refractivity contribution < 1.29 is 0 Å². The molecule has 1 heterocycles. The van der Waals surface area contributed by atoms with E-state index in [4.69, 9.17) is 11.6 Å². The summed E-state index contributed by atoms with van der Waals surface area (Å²) in [6, 6.07) is 7.98. The molecule has 1 aliphatic heterocycles. The van der Waals surface area contributed by atoms with Gasteiger partial charge in [-0.05, 0) is 44.1 Å². The van der Waals surface area contributed by atoms with Gasteiger partial charge in [0, 0.05) is 58.4 Å². The van der Waals surface area contributed by atoms with Gasteiger partial charge in [-0.3, -0.25) is 4.99 Å². The lowest BCUT2D eigenvalue weighted by atomic mass is 10.2. The van der Waals surface area contributed by atoms with Gasteiger partial charge in [-0.25, -0.2) is 0 Å². The van der Waals surface area contributed by atoms with E-state index in [1.165, 1.54) is 51.1 Å². The summed E-state index contributed by atoms with van der Waals surface area (Å²) in [5, 5.41) is 4.24. The lowest BCUT2D eigenvalue weighted by Gasteiger charge is -2.32. The molecule has 0 saturated carbocycles. The number of benzene rings is 1. The minimum atomic E-state index is 0.772. The summed E-state index contributed by atoms with van der Waals surface area (Å²) in [7, 11) is 6.10. The third-order valence-corrected chi connectivity index (χ3v) is 4.94. The summed E-state index contributed by atoms with van der Waals surface area (Å²) in [6.07, 6.45) is 2.40. The summed E-state index contributed by atoms with van der Waals surface area (Å²) in [5.74, 6) is 0.939. The number of rotatable bonds is 7. The van der Waals surface area contributed by atoms with Crippen molar-refractivity contribution >= 4 is 17.6 Å². The summed E-state index contributed by atoms with van der Waals surface area (Å²) >= 11 is 5.94. The molecule has 0 radical (unpaired) electrons. The largest absolute Gasteiger partial charge is 0.356 e. The molecule has 0 spiro atoms. The van der Waals surface area contributed by atoms with Crippen LogP contribution >= 0.6 is 11.6 Å². The SMILES string of the molecule is CN=C(NCCCCN1CCN(C)CC1)N(C)Cc1ccc(Cl)cc1. The highest BCUT2D eigenvalue weighted by molar-refractivity contribution is 6.30. The number of piperazine rings is 1. The van der Waals surface area contributed by atoms with E-state index in [1.54, 1.807) is 0 Å². The topological polar surface area (TPSA) is 34.1 Å². The maximum absolute atomic E-state index is 5.94. The third kappa shape index (κ3) is 7.22. The van der Waals surface area contributed by atoms with Crippen LogP contribution in [-0.2, 0) is 6.54 Å². The molecule has 0 amide bonds. The van der Waals surface area contributed by atoms with Crippen LogP contribution in [-0.4, -0.2) is 81.1 Å². The molecule has 6 heteroatoms. The second-order valence-electron chi connectivity index (χ2n) is 6.81. The molecule has 25 heavy (non-hydrogen) atoms. The number of guanidine groups is 1. The Hall–Kier alpha value is -1.30. The lowest BCUT2D eigenvalue weighted by molar-refractivity contribution is 0.152. The summed E-state index contributed by atoms with van der Waals surface area (Å²) < 4.78 is 0. The first kappa shape index (κ1) is 20.0. The first-order valence-electron chi connectivity index (χ1n) is 9.15. The smallest absolute Gasteiger partial charge is 0.193 e. The van der Waals surface area contributed by atoms with Gasteiger partial charge in [-0.15, -0.1) is 0 Å². The standard InChI is InChI=1S/C19H32ClN5/c1-21-19(24(3)16-17-6-8-18(20)9-7-17)22-10-4-5-11-25-14-12-23(2)13-15-25/h6-9H,4-5,10-16H2,1-3H3,(H,21,22). The molecular formula is C19H32ClN5. The van der Waals surface area contributed by atoms with Crippen molar-refractivity contribution in [3.63, 3.8) is 0 Å². The van der Waals surface area contributed by atoms with Crippen LogP contribution < -0.4 is 5.32 Å².